The molecule has 27 heavy (non-hydrogen) atoms. The molecule has 2 aromatic rings. The Bertz CT molecular complexity index is 810. The van der Waals surface area contributed by atoms with Crippen LogP contribution in [-0.4, -0.2) is 45.5 Å². The number of benzene rings is 1. The monoisotopic (exact) mass is 523 g/mol. The molecule has 2 rings (SSSR count). The molecule has 0 aliphatic rings. The molecule has 150 valence electrons. The van der Waals surface area contributed by atoms with Crippen LogP contribution in [0.15, 0.2) is 45.6 Å². The summed E-state index contributed by atoms with van der Waals surface area (Å²) in [5, 5.41) is 9.50. The zero-order valence-electron chi connectivity index (χ0n) is 15.4. The molecule has 0 aliphatic heterocycles. The van der Waals surface area contributed by atoms with E-state index in [2.05, 4.69) is 30.7 Å². The number of guanidine groups is 1. The summed E-state index contributed by atoms with van der Waals surface area (Å²) >= 11 is 1.64. The molecule has 0 bridgehead atoms. The lowest BCUT2D eigenvalue weighted by atomic mass is 10.3. The number of nitrogens with one attached hydrogen (secondary N) is 3. The molecule has 1 heterocycles. The highest BCUT2D eigenvalue weighted by molar-refractivity contribution is 14.0. The van der Waals surface area contributed by atoms with Gasteiger partial charge in [0.15, 0.2) is 5.96 Å². The van der Waals surface area contributed by atoms with Crippen LogP contribution in [-0.2, 0) is 16.4 Å². The predicted octanol–water partition coefficient (Wildman–Crippen LogP) is 2.15. The van der Waals surface area contributed by atoms with Gasteiger partial charge in [-0.05, 0) is 26.0 Å². The van der Waals surface area contributed by atoms with Crippen LogP contribution >= 0.6 is 35.3 Å². The van der Waals surface area contributed by atoms with Crippen molar-refractivity contribution in [2.75, 3.05) is 26.2 Å². The number of halogens is 1. The van der Waals surface area contributed by atoms with Crippen molar-refractivity contribution in [1.82, 2.24) is 20.3 Å². The van der Waals surface area contributed by atoms with Crippen LogP contribution in [0.3, 0.4) is 0 Å². The van der Waals surface area contributed by atoms with Gasteiger partial charge in [0.25, 0.3) is 0 Å². The van der Waals surface area contributed by atoms with Gasteiger partial charge in [-0.15, -0.1) is 35.3 Å². The van der Waals surface area contributed by atoms with Crippen LogP contribution in [0, 0.1) is 6.92 Å². The van der Waals surface area contributed by atoms with E-state index in [1.807, 2.05) is 13.8 Å². The van der Waals surface area contributed by atoms with Crippen LogP contribution in [0.5, 0.6) is 0 Å². The molecule has 1 aromatic carbocycles. The molecule has 0 atom stereocenters. The SMILES string of the molecule is CCNC(=NCCNS(=O)(=O)c1ccccc1)NCCc1csc(C)n1.I. The quantitative estimate of drug-likeness (QED) is 0.203. The number of hydrogen-bond acceptors (Lipinski definition) is 5. The van der Waals surface area contributed by atoms with E-state index < -0.39 is 10.0 Å². The van der Waals surface area contributed by atoms with Gasteiger partial charge >= 0.3 is 0 Å². The first kappa shape index (κ1) is 23.8. The van der Waals surface area contributed by atoms with E-state index in [1.165, 1.54) is 0 Å². The van der Waals surface area contributed by atoms with Gasteiger partial charge in [-0.25, -0.2) is 18.1 Å². The average Bonchev–Trinajstić information content (AvgIpc) is 3.04. The second kappa shape index (κ2) is 12.3. The van der Waals surface area contributed by atoms with Gasteiger partial charge in [0.2, 0.25) is 10.0 Å². The summed E-state index contributed by atoms with van der Waals surface area (Å²) in [6.45, 7) is 6.00. The van der Waals surface area contributed by atoms with Crippen LogP contribution in [0.1, 0.15) is 17.6 Å². The Labute approximate surface area is 182 Å². The molecule has 0 aliphatic carbocycles. The topological polar surface area (TPSA) is 95.5 Å². The fraction of sp³-hybridized carbons (Fsp3) is 0.412. The highest BCUT2D eigenvalue weighted by Crippen LogP contribution is 2.08. The zero-order chi connectivity index (χ0) is 18.8. The maximum absolute atomic E-state index is 12.1. The summed E-state index contributed by atoms with van der Waals surface area (Å²) in [6, 6.07) is 8.31. The van der Waals surface area contributed by atoms with Crippen molar-refractivity contribution in [1.29, 1.82) is 0 Å². The van der Waals surface area contributed by atoms with Gasteiger partial charge in [0.05, 0.1) is 22.1 Å². The van der Waals surface area contributed by atoms with E-state index >= 15 is 0 Å². The Balaban J connectivity index is 0.00000364. The normalized spacial score (nSPS) is 11.7. The maximum Gasteiger partial charge on any atom is 0.240 e. The van der Waals surface area contributed by atoms with Crippen LogP contribution < -0.4 is 15.4 Å². The van der Waals surface area contributed by atoms with E-state index in [4.69, 9.17) is 0 Å². The van der Waals surface area contributed by atoms with Gasteiger partial charge in [0.1, 0.15) is 0 Å². The molecule has 7 nitrogen and oxygen atoms in total. The Morgan fingerprint density at radius 3 is 2.56 bits per heavy atom. The fourth-order valence-electron chi connectivity index (χ4n) is 2.20. The molecular weight excluding hydrogens is 497 g/mol. The summed E-state index contributed by atoms with van der Waals surface area (Å²) in [5.74, 6) is 0.665. The summed E-state index contributed by atoms with van der Waals surface area (Å²) in [4.78, 5) is 9.08. The number of sulfonamides is 1. The van der Waals surface area contributed by atoms with E-state index in [-0.39, 0.29) is 35.4 Å². The van der Waals surface area contributed by atoms with Gasteiger partial charge < -0.3 is 10.6 Å². The molecule has 0 radical (unpaired) electrons. The van der Waals surface area contributed by atoms with E-state index in [0.29, 0.717) is 19.0 Å². The van der Waals surface area contributed by atoms with Crippen LogP contribution in [0.4, 0.5) is 0 Å². The molecule has 0 amide bonds. The highest BCUT2D eigenvalue weighted by atomic mass is 127. The second-order valence-corrected chi connectivity index (χ2v) is 8.34. The molecule has 1 aromatic heterocycles. The Morgan fingerprint density at radius 2 is 1.93 bits per heavy atom. The average molecular weight is 523 g/mol. The lowest BCUT2D eigenvalue weighted by Gasteiger charge is -2.11. The molecular formula is C17H26IN5O2S2. The number of aromatic nitrogens is 1. The molecule has 0 unspecified atom stereocenters. The zero-order valence-corrected chi connectivity index (χ0v) is 19.4. The van der Waals surface area contributed by atoms with E-state index in [0.717, 1.165) is 23.7 Å². The fourth-order valence-corrected chi connectivity index (χ4v) is 3.89. The number of rotatable bonds is 9. The first-order valence-corrected chi connectivity index (χ1v) is 10.9. The van der Waals surface area contributed by atoms with Gasteiger partial charge in [-0.1, -0.05) is 18.2 Å². The summed E-state index contributed by atoms with van der Waals surface area (Å²) in [5.41, 5.74) is 1.06. The first-order chi connectivity index (χ1) is 12.5. The van der Waals surface area contributed by atoms with Crippen molar-refractivity contribution in [3.63, 3.8) is 0 Å². The Hall–Kier alpha value is -1.24. The maximum atomic E-state index is 12.1. The third-order valence-corrected chi connectivity index (χ3v) is 5.71. The second-order valence-electron chi connectivity index (χ2n) is 5.51. The van der Waals surface area contributed by atoms with Crippen LogP contribution in [0.25, 0.3) is 0 Å². The van der Waals surface area contributed by atoms with E-state index in [1.54, 1.807) is 41.7 Å². The first-order valence-electron chi connectivity index (χ1n) is 8.49. The Morgan fingerprint density at radius 1 is 1.19 bits per heavy atom. The standard InChI is InChI=1S/C17H25N5O2S2.HI/c1-3-18-17(19-10-9-15-13-25-14(2)22-15)20-11-12-21-26(23,24)16-7-5-4-6-8-16;/h4-8,13,21H,3,9-12H2,1-2H3,(H2,18,19,20);1H. The summed E-state index contributed by atoms with van der Waals surface area (Å²) in [6.07, 6.45) is 0.815. The van der Waals surface area contributed by atoms with Gasteiger partial charge in [-0.3, -0.25) is 4.99 Å². The van der Waals surface area contributed by atoms with E-state index in [9.17, 15) is 8.42 Å². The molecule has 0 spiro atoms. The molecule has 3 N–H and O–H groups in total. The number of thiazole rings is 1. The van der Waals surface area contributed by atoms with Crippen molar-refractivity contribution in [2.45, 2.75) is 25.2 Å². The van der Waals surface area contributed by atoms with Crippen molar-refractivity contribution in [3.8, 4) is 0 Å². The molecule has 0 saturated carbocycles. The third kappa shape index (κ3) is 8.54. The third-order valence-electron chi connectivity index (χ3n) is 3.41. The number of aliphatic imine (C=N–C) groups is 1. The largest absolute Gasteiger partial charge is 0.357 e. The lowest BCUT2D eigenvalue weighted by Crippen LogP contribution is -2.39. The van der Waals surface area contributed by atoms with Crippen molar-refractivity contribution < 1.29 is 8.42 Å². The lowest BCUT2D eigenvalue weighted by molar-refractivity contribution is 0.582. The predicted molar refractivity (Wildman–Crippen MR) is 122 cm³/mol. The Kier molecular flexibility index (Phi) is 10.8. The number of nitrogens with zero attached hydrogens (tertiary/aromatic N) is 2. The van der Waals surface area contributed by atoms with Gasteiger partial charge in [0, 0.05) is 31.4 Å². The number of hydrogen-bond donors (Lipinski definition) is 3. The minimum absolute atomic E-state index is 0. The van der Waals surface area contributed by atoms with Crippen molar-refractivity contribution in [2.24, 2.45) is 4.99 Å². The van der Waals surface area contributed by atoms with Gasteiger partial charge in [-0.2, -0.15) is 0 Å². The number of aryl methyl sites for hydroxylation is 1. The molecule has 0 fully saturated rings. The smallest absolute Gasteiger partial charge is 0.240 e. The van der Waals surface area contributed by atoms with Crippen molar-refractivity contribution >= 4 is 51.3 Å². The minimum atomic E-state index is -3.49. The summed E-state index contributed by atoms with van der Waals surface area (Å²) in [7, 11) is -3.49. The minimum Gasteiger partial charge on any atom is -0.357 e. The highest BCUT2D eigenvalue weighted by Gasteiger charge is 2.11. The molecule has 10 heteroatoms. The molecule has 0 saturated heterocycles. The van der Waals surface area contributed by atoms with Crippen molar-refractivity contribution in [3.05, 3.63) is 46.4 Å². The summed E-state index contributed by atoms with van der Waals surface area (Å²) < 4.78 is 26.8. The van der Waals surface area contributed by atoms with Crippen LogP contribution in [0.2, 0.25) is 0 Å².